The van der Waals surface area contributed by atoms with E-state index in [2.05, 4.69) is 198 Å². The smallest absolute Gasteiger partial charge is 0.137 e. The number of hydrogen-bond donors (Lipinski definition) is 1. The van der Waals surface area contributed by atoms with Crippen molar-refractivity contribution in [2.45, 2.75) is 18.4 Å². The van der Waals surface area contributed by atoms with E-state index in [1.165, 1.54) is 44.1 Å². The molecule has 1 aliphatic carbocycles. The predicted octanol–water partition coefficient (Wildman–Crippen LogP) is 12.8. The van der Waals surface area contributed by atoms with Gasteiger partial charge in [-0.3, -0.25) is 0 Å². The van der Waals surface area contributed by atoms with Gasteiger partial charge in [-0.2, -0.15) is 0 Å². The van der Waals surface area contributed by atoms with E-state index in [-0.39, 0.29) is 6.04 Å². The lowest BCUT2D eigenvalue weighted by molar-refractivity contribution is 0.668. The van der Waals surface area contributed by atoms with Gasteiger partial charge in [0.15, 0.2) is 0 Å². The predicted molar refractivity (Wildman–Crippen MR) is 232 cm³/mol. The fourth-order valence-electron chi connectivity index (χ4n) is 8.59. The highest BCUT2D eigenvalue weighted by atomic mass is 16.3. The van der Waals surface area contributed by atoms with E-state index in [0.717, 1.165) is 56.7 Å². The Hall–Kier alpha value is -7.17. The summed E-state index contributed by atoms with van der Waals surface area (Å²) < 4.78 is 9.09. The van der Waals surface area contributed by atoms with Crippen LogP contribution in [-0.2, 0) is 0 Å². The molecule has 266 valence electrons. The standard InChI is InChI=1S/C52H37N3O/c1-4-13-34(14-5-1)37-19-12-20-39(29-37)47-33-46(36-17-8-3-9-18-36)53-52(54-47)40-24-27-44-45-28-25-41(32-51(45)56-50(44)31-40)55-48-22-11-10-21-42(48)43-26-23-38(30-49(43)55)35-15-6-2-7-16-35/h1-18,20-33,37,47H,19H2,(H,53,54). The van der Waals surface area contributed by atoms with Crippen molar-refractivity contribution in [2.24, 2.45) is 4.99 Å². The fourth-order valence-corrected chi connectivity index (χ4v) is 8.59. The number of fused-ring (bicyclic) bond motifs is 6. The minimum atomic E-state index is -0.0389. The van der Waals surface area contributed by atoms with Crippen molar-refractivity contribution in [3.63, 3.8) is 0 Å². The second kappa shape index (κ2) is 13.3. The van der Waals surface area contributed by atoms with Crippen LogP contribution in [0, 0.1) is 0 Å². The second-order valence-electron chi connectivity index (χ2n) is 14.8. The van der Waals surface area contributed by atoms with Crippen molar-refractivity contribution >= 4 is 55.3 Å². The lowest BCUT2D eigenvalue weighted by Gasteiger charge is -2.27. The molecular weight excluding hydrogens is 683 g/mol. The summed E-state index contributed by atoms with van der Waals surface area (Å²) in [4.78, 5) is 5.21. The SMILES string of the molecule is C1=CC(C2C=C(c3ccccc3)N=C(c3ccc4c(c3)oc3cc(-n5c6ccccc6c6ccc(-c7ccccc7)cc65)ccc34)N2)=CC(c2ccccc2)C1. The Morgan fingerprint density at radius 1 is 0.536 bits per heavy atom. The average Bonchev–Trinajstić information content (AvgIpc) is 3.81. The maximum absolute atomic E-state index is 6.72. The molecule has 2 unspecified atom stereocenters. The zero-order valence-electron chi connectivity index (χ0n) is 30.6. The Morgan fingerprint density at radius 2 is 1.20 bits per heavy atom. The highest BCUT2D eigenvalue weighted by molar-refractivity contribution is 6.12. The zero-order valence-corrected chi connectivity index (χ0v) is 30.6. The van der Waals surface area contributed by atoms with Crippen LogP contribution in [-0.4, -0.2) is 16.4 Å². The highest BCUT2D eigenvalue weighted by Gasteiger charge is 2.24. The van der Waals surface area contributed by atoms with Crippen molar-refractivity contribution < 1.29 is 4.42 Å². The first-order chi connectivity index (χ1) is 27.7. The monoisotopic (exact) mass is 719 g/mol. The van der Waals surface area contributed by atoms with E-state index in [1.54, 1.807) is 0 Å². The van der Waals surface area contributed by atoms with Gasteiger partial charge in [-0.05, 0) is 76.7 Å². The molecule has 0 spiro atoms. The van der Waals surface area contributed by atoms with Crippen molar-refractivity contribution in [2.75, 3.05) is 0 Å². The number of hydrogen-bond acceptors (Lipinski definition) is 3. The molecule has 0 fully saturated rings. The molecule has 56 heavy (non-hydrogen) atoms. The molecule has 0 saturated heterocycles. The molecule has 1 aliphatic heterocycles. The summed E-state index contributed by atoms with van der Waals surface area (Å²) in [6, 6.07) is 60.3. The van der Waals surface area contributed by atoms with Crippen molar-refractivity contribution in [3.8, 4) is 16.8 Å². The molecule has 4 nitrogen and oxygen atoms in total. The lowest BCUT2D eigenvalue weighted by Crippen LogP contribution is -2.38. The number of nitrogens with zero attached hydrogens (tertiary/aromatic N) is 2. The molecule has 2 aliphatic rings. The van der Waals surface area contributed by atoms with E-state index >= 15 is 0 Å². The van der Waals surface area contributed by atoms with Crippen LogP contribution in [0.25, 0.3) is 66.3 Å². The van der Waals surface area contributed by atoms with E-state index < -0.39 is 0 Å². The lowest BCUT2D eigenvalue weighted by atomic mass is 9.86. The molecule has 7 aromatic carbocycles. The van der Waals surface area contributed by atoms with Crippen LogP contribution in [0.2, 0.25) is 0 Å². The van der Waals surface area contributed by atoms with Gasteiger partial charge in [-0.25, -0.2) is 4.99 Å². The molecule has 3 heterocycles. The number of benzene rings is 7. The summed E-state index contributed by atoms with van der Waals surface area (Å²) in [5.41, 5.74) is 13.1. The van der Waals surface area contributed by atoms with Crippen molar-refractivity contribution in [1.82, 2.24) is 9.88 Å². The number of para-hydroxylation sites is 1. The third-order valence-electron chi connectivity index (χ3n) is 11.4. The Morgan fingerprint density at radius 3 is 2.02 bits per heavy atom. The summed E-state index contributed by atoms with van der Waals surface area (Å²) >= 11 is 0. The van der Waals surface area contributed by atoms with Gasteiger partial charge in [0.2, 0.25) is 0 Å². The molecule has 11 rings (SSSR count). The molecule has 4 heteroatoms. The number of allylic oxidation sites excluding steroid dienone is 2. The Labute approximate surface area is 325 Å². The van der Waals surface area contributed by atoms with Crippen LogP contribution in [0.1, 0.15) is 29.0 Å². The fraction of sp³-hybridized carbons (Fsp3) is 0.0577. The first-order valence-corrected chi connectivity index (χ1v) is 19.3. The van der Waals surface area contributed by atoms with Crippen LogP contribution in [0.4, 0.5) is 0 Å². The van der Waals surface area contributed by atoms with Gasteiger partial charge in [0.25, 0.3) is 0 Å². The molecule has 2 atom stereocenters. The number of furan rings is 1. The third kappa shape index (κ3) is 5.57. The van der Waals surface area contributed by atoms with Crippen LogP contribution < -0.4 is 5.32 Å². The molecular formula is C52H37N3O. The van der Waals surface area contributed by atoms with E-state index in [4.69, 9.17) is 9.41 Å². The van der Waals surface area contributed by atoms with E-state index in [9.17, 15) is 0 Å². The number of aliphatic imine (C=N–C) groups is 1. The average molecular weight is 720 g/mol. The largest absolute Gasteiger partial charge is 0.456 e. The van der Waals surface area contributed by atoms with Crippen LogP contribution in [0.15, 0.2) is 209 Å². The molecule has 0 radical (unpaired) electrons. The van der Waals surface area contributed by atoms with E-state index in [0.29, 0.717) is 5.92 Å². The van der Waals surface area contributed by atoms with Gasteiger partial charge in [-0.1, -0.05) is 146 Å². The molecule has 0 bridgehead atoms. The second-order valence-corrected chi connectivity index (χ2v) is 14.8. The minimum Gasteiger partial charge on any atom is -0.456 e. The minimum absolute atomic E-state index is 0.0389. The highest BCUT2D eigenvalue weighted by Crippen LogP contribution is 2.38. The maximum atomic E-state index is 6.72. The van der Waals surface area contributed by atoms with Crippen molar-refractivity contribution in [1.29, 1.82) is 0 Å². The topological polar surface area (TPSA) is 42.5 Å². The van der Waals surface area contributed by atoms with Gasteiger partial charge >= 0.3 is 0 Å². The van der Waals surface area contributed by atoms with Crippen LogP contribution >= 0.6 is 0 Å². The molecule has 2 aromatic heterocycles. The van der Waals surface area contributed by atoms with Gasteiger partial charge in [0.05, 0.1) is 22.8 Å². The molecule has 0 amide bonds. The Bertz CT molecular complexity index is 3070. The molecule has 0 saturated carbocycles. The van der Waals surface area contributed by atoms with Crippen LogP contribution in [0.5, 0.6) is 0 Å². The first kappa shape index (κ1) is 32.3. The normalized spacial score (nSPS) is 16.9. The quantitative estimate of drug-likeness (QED) is 0.186. The summed E-state index contributed by atoms with van der Waals surface area (Å²) in [5, 5.41) is 8.43. The zero-order chi connectivity index (χ0) is 37.0. The summed E-state index contributed by atoms with van der Waals surface area (Å²) in [6.45, 7) is 0. The number of nitrogens with one attached hydrogen (secondary N) is 1. The van der Waals surface area contributed by atoms with Gasteiger partial charge in [0, 0.05) is 44.8 Å². The van der Waals surface area contributed by atoms with Crippen molar-refractivity contribution in [3.05, 3.63) is 216 Å². The van der Waals surface area contributed by atoms with E-state index in [1.807, 2.05) is 6.07 Å². The Balaban J connectivity index is 0.991. The van der Waals surface area contributed by atoms with Gasteiger partial charge < -0.3 is 14.3 Å². The first-order valence-electron chi connectivity index (χ1n) is 19.3. The van der Waals surface area contributed by atoms with Gasteiger partial charge in [-0.15, -0.1) is 0 Å². The summed E-state index contributed by atoms with van der Waals surface area (Å²) in [7, 11) is 0. The van der Waals surface area contributed by atoms with Gasteiger partial charge in [0.1, 0.15) is 17.0 Å². The summed E-state index contributed by atoms with van der Waals surface area (Å²) in [5.74, 6) is 1.16. The maximum Gasteiger partial charge on any atom is 0.137 e. The van der Waals surface area contributed by atoms with Crippen LogP contribution in [0.3, 0.4) is 0 Å². The number of amidine groups is 1. The Kier molecular flexibility index (Phi) is 7.66. The molecule has 1 N–H and O–H groups in total. The number of rotatable bonds is 6. The third-order valence-corrected chi connectivity index (χ3v) is 11.4. The summed E-state index contributed by atoms with van der Waals surface area (Å²) in [6.07, 6.45) is 10.2. The molecule has 9 aromatic rings. The number of aromatic nitrogens is 1.